The van der Waals surface area contributed by atoms with Gasteiger partial charge in [-0.1, -0.05) is 6.92 Å². The zero-order chi connectivity index (χ0) is 15.9. The van der Waals surface area contributed by atoms with Gasteiger partial charge in [0.25, 0.3) is 0 Å². The number of likely N-dealkylation sites (tertiary alicyclic amines) is 1. The van der Waals surface area contributed by atoms with Crippen LogP contribution in [0.4, 0.5) is 4.79 Å². The average molecular weight is 318 g/mol. The fraction of sp³-hybridized carbons (Fsp3) is 0.933. The summed E-state index contributed by atoms with van der Waals surface area (Å²) in [7, 11) is 1.70. The lowest BCUT2D eigenvalue weighted by Crippen LogP contribution is -2.41. The molecule has 1 rings (SSSR count). The molecule has 1 aliphatic rings. The van der Waals surface area contributed by atoms with Crippen molar-refractivity contribution in [2.24, 2.45) is 0 Å². The van der Waals surface area contributed by atoms with E-state index in [4.69, 9.17) is 9.47 Å². The molecule has 1 saturated heterocycles. The number of ether oxygens (including phenoxy) is 2. The van der Waals surface area contributed by atoms with Gasteiger partial charge >= 0.3 is 6.09 Å². The van der Waals surface area contributed by atoms with Crippen LogP contribution in [0.1, 0.15) is 34.1 Å². The zero-order valence-electron chi connectivity index (χ0n) is 14.0. The smallest absolute Gasteiger partial charge is 0.410 e. The monoisotopic (exact) mass is 318 g/mol. The topological polar surface area (TPSA) is 50.8 Å². The van der Waals surface area contributed by atoms with Gasteiger partial charge < -0.3 is 19.7 Å². The number of thioether (sulfide) groups is 1. The first-order valence-corrected chi connectivity index (χ1v) is 8.84. The Balaban J connectivity index is 2.38. The summed E-state index contributed by atoms with van der Waals surface area (Å²) in [6.07, 6.45) is 0.921. The largest absolute Gasteiger partial charge is 0.444 e. The second-order valence-corrected chi connectivity index (χ2v) is 7.66. The Hall–Kier alpha value is -0.460. The second-order valence-electron chi connectivity index (χ2n) is 6.27. The van der Waals surface area contributed by atoms with Crippen molar-refractivity contribution in [3.05, 3.63) is 0 Å². The Kier molecular flexibility index (Phi) is 7.84. The van der Waals surface area contributed by atoms with Crippen molar-refractivity contribution in [3.63, 3.8) is 0 Å². The van der Waals surface area contributed by atoms with E-state index in [-0.39, 0.29) is 18.2 Å². The first-order chi connectivity index (χ1) is 9.87. The SMILES string of the molecule is CCSCCCNC1CN(C(=O)OC(C)(C)C)C[C@@H]1OC. The molecule has 124 valence electrons. The molecular formula is C15H30N2O3S. The molecule has 1 amide bonds. The van der Waals surface area contributed by atoms with Crippen LogP contribution >= 0.6 is 11.8 Å². The Morgan fingerprint density at radius 3 is 2.67 bits per heavy atom. The molecule has 1 fully saturated rings. The van der Waals surface area contributed by atoms with Crippen LogP contribution in [0.3, 0.4) is 0 Å². The highest BCUT2D eigenvalue weighted by molar-refractivity contribution is 7.99. The van der Waals surface area contributed by atoms with Gasteiger partial charge in [-0.2, -0.15) is 11.8 Å². The van der Waals surface area contributed by atoms with Gasteiger partial charge in [0.15, 0.2) is 0 Å². The highest BCUT2D eigenvalue weighted by Crippen LogP contribution is 2.17. The number of hydrogen-bond donors (Lipinski definition) is 1. The Labute approximate surface area is 133 Å². The van der Waals surface area contributed by atoms with Crippen molar-refractivity contribution in [1.29, 1.82) is 0 Å². The molecule has 0 spiro atoms. The Bertz CT molecular complexity index is 321. The van der Waals surface area contributed by atoms with E-state index in [1.165, 1.54) is 5.75 Å². The molecule has 0 radical (unpaired) electrons. The van der Waals surface area contributed by atoms with Crippen molar-refractivity contribution in [2.75, 3.05) is 38.2 Å². The van der Waals surface area contributed by atoms with Crippen molar-refractivity contribution in [3.8, 4) is 0 Å². The molecule has 1 N–H and O–H groups in total. The zero-order valence-corrected chi connectivity index (χ0v) is 14.8. The number of methoxy groups -OCH3 is 1. The van der Waals surface area contributed by atoms with Gasteiger partial charge in [0.05, 0.1) is 18.7 Å². The van der Waals surface area contributed by atoms with Crippen LogP contribution in [0, 0.1) is 0 Å². The predicted molar refractivity (Wildman–Crippen MR) is 88.0 cm³/mol. The number of hydrogen-bond acceptors (Lipinski definition) is 5. The van der Waals surface area contributed by atoms with Crippen LogP contribution < -0.4 is 5.32 Å². The number of amides is 1. The van der Waals surface area contributed by atoms with E-state index in [0.717, 1.165) is 18.7 Å². The summed E-state index contributed by atoms with van der Waals surface area (Å²) in [6, 6.07) is 0.189. The Morgan fingerprint density at radius 1 is 1.38 bits per heavy atom. The van der Waals surface area contributed by atoms with Gasteiger partial charge in [-0.3, -0.25) is 0 Å². The van der Waals surface area contributed by atoms with Gasteiger partial charge in [-0.05, 0) is 45.2 Å². The van der Waals surface area contributed by atoms with E-state index in [0.29, 0.717) is 13.1 Å². The molecule has 1 unspecified atom stereocenters. The Morgan fingerprint density at radius 2 is 2.10 bits per heavy atom. The first kappa shape index (κ1) is 18.6. The molecule has 1 aliphatic heterocycles. The number of rotatable bonds is 7. The molecule has 0 aliphatic carbocycles. The molecule has 0 aromatic heterocycles. The van der Waals surface area contributed by atoms with Crippen molar-refractivity contribution < 1.29 is 14.3 Å². The average Bonchev–Trinajstić information content (AvgIpc) is 2.80. The summed E-state index contributed by atoms with van der Waals surface area (Å²) in [5.74, 6) is 2.33. The molecular weight excluding hydrogens is 288 g/mol. The number of nitrogens with one attached hydrogen (secondary N) is 1. The van der Waals surface area contributed by atoms with Gasteiger partial charge in [0.1, 0.15) is 5.60 Å². The maximum atomic E-state index is 12.1. The van der Waals surface area contributed by atoms with Crippen molar-refractivity contribution >= 4 is 17.9 Å². The second kappa shape index (κ2) is 8.86. The minimum atomic E-state index is -0.456. The molecule has 0 bridgehead atoms. The number of carbonyl (C=O) groups is 1. The van der Waals surface area contributed by atoms with Gasteiger partial charge in [0.2, 0.25) is 0 Å². The van der Waals surface area contributed by atoms with E-state index < -0.39 is 5.60 Å². The number of carbonyl (C=O) groups excluding carboxylic acids is 1. The summed E-state index contributed by atoms with van der Waals surface area (Å²) < 4.78 is 10.9. The summed E-state index contributed by atoms with van der Waals surface area (Å²) in [4.78, 5) is 13.8. The highest BCUT2D eigenvalue weighted by atomic mass is 32.2. The summed E-state index contributed by atoms with van der Waals surface area (Å²) in [5.41, 5.74) is -0.456. The van der Waals surface area contributed by atoms with E-state index in [1.54, 1.807) is 12.0 Å². The minimum absolute atomic E-state index is 0.0383. The summed E-state index contributed by atoms with van der Waals surface area (Å²) in [5, 5.41) is 3.50. The highest BCUT2D eigenvalue weighted by Gasteiger charge is 2.36. The molecule has 0 aromatic carbocycles. The standard InChI is InChI=1S/C15H30N2O3S/c1-6-21-9-7-8-16-12-10-17(11-13(12)19-5)14(18)20-15(2,3)4/h12-13,16H,6-11H2,1-5H3/t12?,13-/m0/s1. The first-order valence-electron chi connectivity index (χ1n) is 7.69. The minimum Gasteiger partial charge on any atom is -0.444 e. The lowest BCUT2D eigenvalue weighted by atomic mass is 10.2. The van der Waals surface area contributed by atoms with Crippen molar-refractivity contribution in [2.45, 2.75) is 51.9 Å². The molecule has 21 heavy (non-hydrogen) atoms. The summed E-state index contributed by atoms with van der Waals surface area (Å²) in [6.45, 7) is 10.0. The van der Waals surface area contributed by atoms with Crippen LogP contribution in [0.15, 0.2) is 0 Å². The molecule has 0 saturated carbocycles. The molecule has 2 atom stereocenters. The molecule has 6 heteroatoms. The quantitative estimate of drug-likeness (QED) is 0.730. The summed E-state index contributed by atoms with van der Waals surface area (Å²) >= 11 is 1.95. The van der Waals surface area contributed by atoms with Crippen LogP contribution in [-0.2, 0) is 9.47 Å². The van der Waals surface area contributed by atoms with Gasteiger partial charge in [0, 0.05) is 13.7 Å². The van der Waals surface area contributed by atoms with Gasteiger partial charge in [-0.15, -0.1) is 0 Å². The van der Waals surface area contributed by atoms with Crippen LogP contribution in [0.5, 0.6) is 0 Å². The van der Waals surface area contributed by atoms with E-state index >= 15 is 0 Å². The van der Waals surface area contributed by atoms with Gasteiger partial charge in [-0.25, -0.2) is 4.79 Å². The third-order valence-electron chi connectivity index (χ3n) is 3.30. The fourth-order valence-electron chi connectivity index (χ4n) is 2.29. The molecule has 1 heterocycles. The van der Waals surface area contributed by atoms with E-state index in [1.807, 2.05) is 32.5 Å². The predicted octanol–water partition coefficient (Wildman–Crippen LogP) is 2.35. The van der Waals surface area contributed by atoms with Crippen molar-refractivity contribution in [1.82, 2.24) is 10.2 Å². The third kappa shape index (κ3) is 6.89. The normalized spacial score (nSPS) is 22.6. The molecule has 5 nitrogen and oxygen atoms in total. The van der Waals surface area contributed by atoms with E-state index in [2.05, 4.69) is 12.2 Å². The lowest BCUT2D eigenvalue weighted by molar-refractivity contribution is 0.0252. The molecule has 0 aromatic rings. The lowest BCUT2D eigenvalue weighted by Gasteiger charge is -2.24. The third-order valence-corrected chi connectivity index (χ3v) is 4.28. The van der Waals surface area contributed by atoms with E-state index in [9.17, 15) is 4.79 Å². The fourth-order valence-corrected chi connectivity index (χ4v) is 2.93. The van der Waals surface area contributed by atoms with Crippen LogP contribution in [-0.4, -0.2) is 67.0 Å². The maximum Gasteiger partial charge on any atom is 0.410 e. The van der Waals surface area contributed by atoms with Crippen LogP contribution in [0.2, 0.25) is 0 Å². The maximum absolute atomic E-state index is 12.1. The number of nitrogens with zero attached hydrogens (tertiary/aromatic N) is 1. The van der Waals surface area contributed by atoms with Crippen LogP contribution in [0.25, 0.3) is 0 Å².